The summed E-state index contributed by atoms with van der Waals surface area (Å²) in [5.74, 6) is -0.182. The first-order valence-electron chi connectivity index (χ1n) is 8.51. The van der Waals surface area contributed by atoms with E-state index in [1.54, 1.807) is 18.4 Å². The number of hydrogen-bond acceptors (Lipinski definition) is 4. The van der Waals surface area contributed by atoms with Crippen molar-refractivity contribution in [1.29, 1.82) is 0 Å². The van der Waals surface area contributed by atoms with Gasteiger partial charge >= 0.3 is 0 Å². The van der Waals surface area contributed by atoms with Crippen LogP contribution >= 0.6 is 0 Å². The van der Waals surface area contributed by atoms with Crippen LogP contribution in [-0.2, 0) is 28.0 Å². The Hall–Kier alpha value is -2.18. The molecule has 0 unspecified atom stereocenters. The van der Waals surface area contributed by atoms with Gasteiger partial charge in [-0.2, -0.15) is 0 Å². The number of hydrogen-bond donors (Lipinski definition) is 1. The second-order valence-electron chi connectivity index (χ2n) is 6.53. The topological polar surface area (TPSA) is 60.7 Å². The minimum atomic E-state index is -0.576. The Kier molecular flexibility index (Phi) is 4.31. The first-order valence-corrected chi connectivity index (χ1v) is 8.51. The fourth-order valence-corrected chi connectivity index (χ4v) is 3.61. The van der Waals surface area contributed by atoms with Gasteiger partial charge in [-0.05, 0) is 30.5 Å². The largest absolute Gasteiger partial charge is 0.459 e. The molecule has 0 spiro atoms. The minimum Gasteiger partial charge on any atom is -0.459 e. The number of halogens is 1. The Balaban J connectivity index is 1.63. The molecule has 1 fully saturated rings. The molecule has 0 radical (unpaired) electrons. The zero-order valence-electron chi connectivity index (χ0n) is 13.8. The molecule has 5 nitrogen and oxygen atoms in total. The van der Waals surface area contributed by atoms with E-state index in [1.165, 1.54) is 12.1 Å². The third-order valence-electron chi connectivity index (χ3n) is 5.04. The highest BCUT2D eigenvalue weighted by Crippen LogP contribution is 2.33. The second kappa shape index (κ2) is 6.61. The van der Waals surface area contributed by atoms with Crippen LogP contribution in [0.3, 0.4) is 0 Å². The van der Waals surface area contributed by atoms with Gasteiger partial charge in [0.05, 0.1) is 25.0 Å². The Morgan fingerprint density at radius 3 is 2.60 bits per heavy atom. The van der Waals surface area contributed by atoms with Crippen molar-refractivity contribution in [3.05, 3.63) is 58.8 Å². The maximum atomic E-state index is 13.3. The Morgan fingerprint density at radius 1 is 1.08 bits per heavy atom. The first kappa shape index (κ1) is 16.3. The third kappa shape index (κ3) is 3.07. The lowest BCUT2D eigenvalue weighted by Crippen LogP contribution is -2.49. The summed E-state index contributed by atoms with van der Waals surface area (Å²) in [5.41, 5.74) is 2.16. The lowest BCUT2D eigenvalue weighted by Gasteiger charge is -2.38. The Morgan fingerprint density at radius 2 is 1.84 bits per heavy atom. The monoisotopic (exact) mass is 345 g/mol. The molecule has 2 aromatic rings. The Labute approximate surface area is 145 Å². The number of fused-ring (bicyclic) bond motifs is 1. The highest BCUT2D eigenvalue weighted by molar-refractivity contribution is 5.94. The van der Waals surface area contributed by atoms with E-state index in [9.17, 15) is 9.18 Å². The van der Waals surface area contributed by atoms with Crippen molar-refractivity contribution in [3.8, 4) is 0 Å². The van der Waals surface area contributed by atoms with Crippen LogP contribution < -0.4 is 5.32 Å². The number of ether oxygens (including phenoxy) is 2. The summed E-state index contributed by atoms with van der Waals surface area (Å²) in [5, 5.41) is 3.14. The SMILES string of the molecule is O=C(NC1(c2ccc(F)cc2)CCOCC1)c1occ2c1CCOC2. The molecule has 25 heavy (non-hydrogen) atoms. The van der Waals surface area contributed by atoms with Crippen LogP contribution in [0.1, 0.15) is 40.1 Å². The average Bonchev–Trinajstić information content (AvgIpc) is 3.07. The lowest BCUT2D eigenvalue weighted by molar-refractivity contribution is 0.0337. The minimum absolute atomic E-state index is 0.241. The molecule has 1 aromatic heterocycles. The quantitative estimate of drug-likeness (QED) is 0.929. The molecule has 0 aliphatic carbocycles. The van der Waals surface area contributed by atoms with E-state index in [0.717, 1.165) is 16.7 Å². The van der Waals surface area contributed by atoms with Crippen LogP contribution in [0.25, 0.3) is 0 Å². The van der Waals surface area contributed by atoms with Crippen molar-refractivity contribution in [3.63, 3.8) is 0 Å². The van der Waals surface area contributed by atoms with E-state index < -0.39 is 5.54 Å². The van der Waals surface area contributed by atoms with Gasteiger partial charge in [0.2, 0.25) is 0 Å². The standard InChI is InChI=1S/C19H20FNO4/c20-15-3-1-14(2-4-15)19(6-9-23-10-7-19)21-18(22)17-16-5-8-24-11-13(16)12-25-17/h1-4,12H,5-11H2,(H,21,22). The fourth-order valence-electron chi connectivity index (χ4n) is 3.61. The van der Waals surface area contributed by atoms with Crippen molar-refractivity contribution in [2.24, 2.45) is 0 Å². The summed E-state index contributed by atoms with van der Waals surface area (Å²) in [6, 6.07) is 6.30. The fraction of sp³-hybridized carbons (Fsp3) is 0.421. The van der Waals surface area contributed by atoms with E-state index in [-0.39, 0.29) is 11.7 Å². The molecule has 1 aromatic carbocycles. The molecule has 1 N–H and O–H groups in total. The predicted octanol–water partition coefficient (Wildman–Crippen LogP) is 2.93. The van der Waals surface area contributed by atoms with Crippen molar-refractivity contribution in [1.82, 2.24) is 5.32 Å². The molecule has 1 saturated heterocycles. The molecule has 1 amide bonds. The van der Waals surface area contributed by atoms with E-state index in [0.29, 0.717) is 51.5 Å². The van der Waals surface area contributed by atoms with Crippen LogP contribution in [0, 0.1) is 5.82 Å². The van der Waals surface area contributed by atoms with Gasteiger partial charge in [0, 0.05) is 30.8 Å². The molecule has 2 aliphatic rings. The van der Waals surface area contributed by atoms with E-state index in [1.807, 2.05) is 0 Å². The molecule has 2 aliphatic heterocycles. The summed E-state index contributed by atoms with van der Waals surface area (Å²) < 4.78 is 29.7. The van der Waals surface area contributed by atoms with Crippen LogP contribution in [-0.4, -0.2) is 25.7 Å². The molecular formula is C19H20FNO4. The molecule has 6 heteroatoms. The van der Waals surface area contributed by atoms with E-state index in [4.69, 9.17) is 13.9 Å². The number of rotatable bonds is 3. The van der Waals surface area contributed by atoms with Crippen molar-refractivity contribution in [2.45, 2.75) is 31.4 Å². The summed E-state index contributed by atoms with van der Waals surface area (Å²) in [4.78, 5) is 12.9. The van der Waals surface area contributed by atoms with Crippen LogP contribution in [0.2, 0.25) is 0 Å². The highest BCUT2D eigenvalue weighted by atomic mass is 19.1. The lowest BCUT2D eigenvalue weighted by atomic mass is 9.82. The van der Waals surface area contributed by atoms with Crippen molar-refractivity contribution >= 4 is 5.91 Å². The first-order chi connectivity index (χ1) is 12.2. The third-order valence-corrected chi connectivity index (χ3v) is 5.04. The van der Waals surface area contributed by atoms with Gasteiger partial charge in [0.25, 0.3) is 5.91 Å². The van der Waals surface area contributed by atoms with Crippen LogP contribution in [0.15, 0.2) is 34.9 Å². The van der Waals surface area contributed by atoms with Crippen molar-refractivity contribution in [2.75, 3.05) is 19.8 Å². The summed E-state index contributed by atoms with van der Waals surface area (Å²) >= 11 is 0. The number of benzene rings is 1. The van der Waals surface area contributed by atoms with Crippen LogP contribution in [0.4, 0.5) is 4.39 Å². The predicted molar refractivity (Wildman–Crippen MR) is 87.7 cm³/mol. The molecule has 132 valence electrons. The van der Waals surface area contributed by atoms with E-state index in [2.05, 4.69) is 5.32 Å². The number of furan rings is 1. The van der Waals surface area contributed by atoms with Gasteiger partial charge < -0.3 is 19.2 Å². The van der Waals surface area contributed by atoms with Gasteiger partial charge in [-0.3, -0.25) is 4.79 Å². The Bertz CT molecular complexity index is 762. The van der Waals surface area contributed by atoms with Gasteiger partial charge in [-0.25, -0.2) is 4.39 Å². The maximum absolute atomic E-state index is 13.3. The normalized spacial score (nSPS) is 19.2. The van der Waals surface area contributed by atoms with Crippen molar-refractivity contribution < 1.29 is 23.1 Å². The smallest absolute Gasteiger partial charge is 0.287 e. The number of amides is 1. The number of carbonyl (C=O) groups excluding carboxylic acids is 1. The van der Waals surface area contributed by atoms with Gasteiger partial charge in [0.15, 0.2) is 5.76 Å². The zero-order chi connectivity index (χ0) is 17.3. The van der Waals surface area contributed by atoms with E-state index >= 15 is 0 Å². The van der Waals surface area contributed by atoms with Crippen LogP contribution in [0.5, 0.6) is 0 Å². The molecule has 0 atom stereocenters. The number of carbonyl (C=O) groups is 1. The summed E-state index contributed by atoms with van der Waals surface area (Å²) in [6.45, 7) is 2.15. The summed E-state index contributed by atoms with van der Waals surface area (Å²) in [7, 11) is 0. The summed E-state index contributed by atoms with van der Waals surface area (Å²) in [6.07, 6.45) is 3.53. The maximum Gasteiger partial charge on any atom is 0.287 e. The molecule has 0 saturated carbocycles. The number of nitrogens with one attached hydrogen (secondary N) is 1. The zero-order valence-corrected chi connectivity index (χ0v) is 13.8. The molecular weight excluding hydrogens is 325 g/mol. The van der Waals surface area contributed by atoms with Gasteiger partial charge in [0.1, 0.15) is 5.82 Å². The molecule has 4 rings (SSSR count). The molecule has 3 heterocycles. The second-order valence-corrected chi connectivity index (χ2v) is 6.53. The average molecular weight is 345 g/mol. The van der Waals surface area contributed by atoms with Gasteiger partial charge in [-0.1, -0.05) is 12.1 Å². The highest BCUT2D eigenvalue weighted by Gasteiger charge is 2.37. The molecule has 0 bridgehead atoms. The van der Waals surface area contributed by atoms with Gasteiger partial charge in [-0.15, -0.1) is 0 Å².